The van der Waals surface area contributed by atoms with Crippen LogP contribution in [0.2, 0.25) is 0 Å². The number of carbonyl (C=O) groups is 1. The van der Waals surface area contributed by atoms with Crippen LogP contribution in [0.4, 0.5) is 0 Å². The van der Waals surface area contributed by atoms with Gasteiger partial charge in [-0.3, -0.25) is 4.79 Å². The minimum atomic E-state index is -0.464. The molecule has 0 unspecified atom stereocenters. The van der Waals surface area contributed by atoms with Crippen LogP contribution in [-0.2, 0) is 16.0 Å². The van der Waals surface area contributed by atoms with Crippen molar-refractivity contribution in [3.05, 3.63) is 64.5 Å². The molecular formula is C22H22O6. The molecule has 1 heterocycles. The van der Waals surface area contributed by atoms with E-state index in [-0.39, 0.29) is 23.9 Å². The highest BCUT2D eigenvalue weighted by Crippen LogP contribution is 2.24. The standard InChI is InChI=1S/C22H22O6/c1-4-15-5-7-16(8-6-15)28-20-12-26-19-11-17(9-10-18(19)22(20)24)25-13-21(23)27-14(2)3/h5-12,14H,4,13H2,1-3H3. The number of ether oxygens (including phenoxy) is 3. The third-order valence-corrected chi connectivity index (χ3v) is 4.00. The summed E-state index contributed by atoms with van der Waals surface area (Å²) < 4.78 is 21.6. The number of hydrogen-bond donors (Lipinski definition) is 0. The molecule has 0 atom stereocenters. The van der Waals surface area contributed by atoms with Crippen molar-refractivity contribution in [3.63, 3.8) is 0 Å². The highest BCUT2D eigenvalue weighted by Gasteiger charge is 2.12. The Hall–Kier alpha value is -3.28. The lowest BCUT2D eigenvalue weighted by Crippen LogP contribution is -2.18. The molecule has 0 saturated heterocycles. The van der Waals surface area contributed by atoms with Gasteiger partial charge < -0.3 is 18.6 Å². The van der Waals surface area contributed by atoms with E-state index in [1.54, 1.807) is 32.0 Å². The number of esters is 1. The van der Waals surface area contributed by atoms with Crippen LogP contribution in [0.5, 0.6) is 17.2 Å². The second-order valence-electron chi connectivity index (χ2n) is 6.51. The average Bonchev–Trinajstić information content (AvgIpc) is 2.68. The Morgan fingerprint density at radius 3 is 2.46 bits per heavy atom. The summed E-state index contributed by atoms with van der Waals surface area (Å²) in [4.78, 5) is 24.2. The van der Waals surface area contributed by atoms with Gasteiger partial charge in [0, 0.05) is 6.07 Å². The summed E-state index contributed by atoms with van der Waals surface area (Å²) in [5, 5.41) is 0.361. The molecule has 1 aromatic heterocycles. The lowest BCUT2D eigenvalue weighted by Gasteiger charge is -2.10. The van der Waals surface area contributed by atoms with E-state index in [2.05, 4.69) is 6.92 Å². The third-order valence-electron chi connectivity index (χ3n) is 4.00. The van der Waals surface area contributed by atoms with Gasteiger partial charge in [-0.1, -0.05) is 19.1 Å². The average molecular weight is 382 g/mol. The first-order valence-electron chi connectivity index (χ1n) is 9.11. The van der Waals surface area contributed by atoms with Gasteiger partial charge in [0.15, 0.2) is 6.61 Å². The first-order chi connectivity index (χ1) is 13.5. The smallest absolute Gasteiger partial charge is 0.344 e. The van der Waals surface area contributed by atoms with E-state index in [0.717, 1.165) is 6.42 Å². The van der Waals surface area contributed by atoms with Crippen molar-refractivity contribution < 1.29 is 23.4 Å². The van der Waals surface area contributed by atoms with Crippen LogP contribution in [0, 0.1) is 0 Å². The highest BCUT2D eigenvalue weighted by atomic mass is 16.6. The van der Waals surface area contributed by atoms with E-state index in [1.165, 1.54) is 11.8 Å². The third kappa shape index (κ3) is 4.71. The number of fused-ring (bicyclic) bond motifs is 1. The summed E-state index contributed by atoms with van der Waals surface area (Å²) in [5.74, 6) is 0.605. The minimum absolute atomic E-state index is 0.103. The molecule has 0 spiro atoms. The largest absolute Gasteiger partial charge is 0.482 e. The predicted molar refractivity (Wildman–Crippen MR) is 105 cm³/mol. The number of aryl methyl sites for hydroxylation is 1. The van der Waals surface area contributed by atoms with Crippen LogP contribution in [0.15, 0.2) is 57.9 Å². The summed E-state index contributed by atoms with van der Waals surface area (Å²) >= 11 is 0. The molecule has 146 valence electrons. The van der Waals surface area contributed by atoms with Crippen LogP contribution in [0.1, 0.15) is 26.3 Å². The van der Waals surface area contributed by atoms with E-state index in [9.17, 15) is 9.59 Å². The summed E-state index contributed by atoms with van der Waals surface area (Å²) in [7, 11) is 0. The summed E-state index contributed by atoms with van der Waals surface area (Å²) in [5.41, 5.74) is 1.24. The molecule has 0 aliphatic rings. The maximum absolute atomic E-state index is 12.7. The Morgan fingerprint density at radius 2 is 1.79 bits per heavy atom. The van der Waals surface area contributed by atoms with Gasteiger partial charge in [-0.15, -0.1) is 0 Å². The Kier molecular flexibility index (Phi) is 5.99. The summed E-state index contributed by atoms with van der Waals surface area (Å²) in [6, 6.07) is 12.3. The van der Waals surface area contributed by atoms with Crippen molar-refractivity contribution in [2.75, 3.05) is 6.61 Å². The lowest BCUT2D eigenvalue weighted by molar-refractivity contribution is -0.149. The molecule has 0 bridgehead atoms. The lowest BCUT2D eigenvalue weighted by atomic mass is 10.2. The number of rotatable bonds is 7. The van der Waals surface area contributed by atoms with Gasteiger partial charge in [0.25, 0.3) is 0 Å². The fourth-order valence-electron chi connectivity index (χ4n) is 2.61. The quantitative estimate of drug-likeness (QED) is 0.561. The van der Waals surface area contributed by atoms with E-state index in [0.29, 0.717) is 22.5 Å². The maximum atomic E-state index is 12.7. The molecule has 0 aliphatic carbocycles. The molecule has 0 aliphatic heterocycles. The van der Waals surface area contributed by atoms with Crippen LogP contribution >= 0.6 is 0 Å². The highest BCUT2D eigenvalue weighted by molar-refractivity contribution is 5.79. The molecular weight excluding hydrogens is 360 g/mol. The molecule has 6 nitrogen and oxygen atoms in total. The first-order valence-corrected chi connectivity index (χ1v) is 9.11. The Balaban J connectivity index is 1.76. The zero-order valence-corrected chi connectivity index (χ0v) is 16.1. The maximum Gasteiger partial charge on any atom is 0.344 e. The van der Waals surface area contributed by atoms with Crippen molar-refractivity contribution in [1.29, 1.82) is 0 Å². The van der Waals surface area contributed by atoms with Crippen molar-refractivity contribution in [3.8, 4) is 17.2 Å². The van der Waals surface area contributed by atoms with Crippen molar-refractivity contribution in [2.45, 2.75) is 33.3 Å². The Bertz CT molecular complexity index is 1020. The Labute approximate surface area is 162 Å². The van der Waals surface area contributed by atoms with Gasteiger partial charge in [-0.25, -0.2) is 4.79 Å². The summed E-state index contributed by atoms with van der Waals surface area (Å²) in [6.45, 7) is 5.38. The van der Waals surface area contributed by atoms with Crippen molar-refractivity contribution in [1.82, 2.24) is 0 Å². The van der Waals surface area contributed by atoms with Crippen LogP contribution in [0.3, 0.4) is 0 Å². The fraction of sp³-hybridized carbons (Fsp3) is 0.273. The van der Waals surface area contributed by atoms with Gasteiger partial charge >= 0.3 is 5.97 Å². The van der Waals surface area contributed by atoms with Crippen LogP contribution in [-0.4, -0.2) is 18.7 Å². The second-order valence-corrected chi connectivity index (χ2v) is 6.51. The molecule has 2 aromatic carbocycles. The molecule has 6 heteroatoms. The summed E-state index contributed by atoms with van der Waals surface area (Å²) in [6.07, 6.45) is 2.00. The number of hydrogen-bond acceptors (Lipinski definition) is 6. The normalized spacial score (nSPS) is 10.9. The molecule has 0 saturated carbocycles. The van der Waals surface area contributed by atoms with Crippen LogP contribution in [0.25, 0.3) is 11.0 Å². The zero-order chi connectivity index (χ0) is 20.1. The zero-order valence-electron chi connectivity index (χ0n) is 16.1. The van der Waals surface area contributed by atoms with E-state index in [4.69, 9.17) is 18.6 Å². The van der Waals surface area contributed by atoms with E-state index >= 15 is 0 Å². The van der Waals surface area contributed by atoms with Gasteiger partial charge in [-0.05, 0) is 50.1 Å². The predicted octanol–water partition coefficient (Wildman–Crippen LogP) is 4.48. The van der Waals surface area contributed by atoms with E-state index < -0.39 is 5.97 Å². The van der Waals surface area contributed by atoms with Crippen molar-refractivity contribution in [2.24, 2.45) is 0 Å². The topological polar surface area (TPSA) is 75.0 Å². The van der Waals surface area contributed by atoms with Crippen molar-refractivity contribution >= 4 is 16.9 Å². The van der Waals surface area contributed by atoms with Crippen LogP contribution < -0.4 is 14.9 Å². The second kappa shape index (κ2) is 8.61. The Morgan fingerprint density at radius 1 is 1.07 bits per heavy atom. The molecule has 0 amide bonds. The van der Waals surface area contributed by atoms with E-state index in [1.807, 2.05) is 24.3 Å². The first kappa shape index (κ1) is 19.5. The molecule has 3 aromatic rings. The minimum Gasteiger partial charge on any atom is -0.482 e. The number of carbonyl (C=O) groups excluding carboxylic acids is 1. The monoisotopic (exact) mass is 382 g/mol. The number of benzene rings is 2. The van der Waals surface area contributed by atoms with Gasteiger partial charge in [0.1, 0.15) is 23.3 Å². The fourth-order valence-corrected chi connectivity index (χ4v) is 2.61. The molecule has 0 N–H and O–H groups in total. The van der Waals surface area contributed by atoms with Gasteiger partial charge in [0.05, 0.1) is 11.5 Å². The van der Waals surface area contributed by atoms with Gasteiger partial charge in [-0.2, -0.15) is 0 Å². The molecule has 0 radical (unpaired) electrons. The molecule has 3 rings (SSSR count). The SMILES string of the molecule is CCc1ccc(Oc2coc3cc(OCC(=O)OC(C)C)ccc3c2=O)cc1. The van der Waals surface area contributed by atoms with Gasteiger partial charge in [0.2, 0.25) is 11.2 Å². The molecule has 28 heavy (non-hydrogen) atoms. The molecule has 0 fully saturated rings.